The molecule has 3 heteroatoms. The van der Waals surface area contributed by atoms with E-state index in [1.165, 1.54) is 4.90 Å². The third kappa shape index (κ3) is 0.951. The van der Waals surface area contributed by atoms with Gasteiger partial charge < -0.3 is 0 Å². The Morgan fingerprint density at radius 1 is 1.09 bits per heavy atom. The molecule has 0 radical (unpaired) electrons. The molecule has 2 fully saturated rings. The van der Waals surface area contributed by atoms with Gasteiger partial charge in [0.2, 0.25) is 11.8 Å². The minimum Gasteiger partial charge on any atom is -0.280 e. The molecular weight excluding hydrogens is 142 g/mol. The highest BCUT2D eigenvalue weighted by Gasteiger charge is 2.37. The lowest BCUT2D eigenvalue weighted by atomic mass is 10.0. The van der Waals surface area contributed by atoms with E-state index in [4.69, 9.17) is 0 Å². The van der Waals surface area contributed by atoms with Gasteiger partial charge in [-0.2, -0.15) is 0 Å². The van der Waals surface area contributed by atoms with Crippen molar-refractivity contribution in [3.05, 3.63) is 0 Å². The third-order valence-electron chi connectivity index (χ3n) is 2.52. The molecule has 60 valence electrons. The van der Waals surface area contributed by atoms with E-state index in [2.05, 4.69) is 0 Å². The lowest BCUT2D eigenvalue weighted by Crippen LogP contribution is -2.41. The molecule has 2 rings (SSSR count). The van der Waals surface area contributed by atoms with Crippen molar-refractivity contribution in [1.82, 2.24) is 4.90 Å². The summed E-state index contributed by atoms with van der Waals surface area (Å²) in [6.45, 7) is 0. The summed E-state index contributed by atoms with van der Waals surface area (Å²) in [4.78, 5) is 23.8. The van der Waals surface area contributed by atoms with Gasteiger partial charge in [0.15, 0.2) is 0 Å². The molecule has 2 heterocycles. The molecule has 0 aromatic carbocycles. The number of fused-ring (bicyclic) bond motifs is 1. The predicted octanol–water partition coefficient (Wildman–Crippen LogP) is 0.688. The van der Waals surface area contributed by atoms with Gasteiger partial charge in [-0.1, -0.05) is 0 Å². The highest BCUT2D eigenvalue weighted by atomic mass is 16.2. The fourth-order valence-electron chi connectivity index (χ4n) is 1.97. The van der Waals surface area contributed by atoms with Gasteiger partial charge in [-0.25, -0.2) is 0 Å². The van der Waals surface area contributed by atoms with E-state index in [1.807, 2.05) is 0 Å². The summed E-state index contributed by atoms with van der Waals surface area (Å²) < 4.78 is 0. The minimum atomic E-state index is 0.0414. The second kappa shape index (κ2) is 2.32. The largest absolute Gasteiger partial charge is 0.280 e. The molecule has 11 heavy (non-hydrogen) atoms. The Morgan fingerprint density at radius 3 is 2.55 bits per heavy atom. The molecule has 0 saturated carbocycles. The minimum absolute atomic E-state index is 0.0414. The normalized spacial score (nSPS) is 30.9. The second-order valence-corrected chi connectivity index (χ2v) is 3.24. The Labute approximate surface area is 65.4 Å². The van der Waals surface area contributed by atoms with E-state index in [0.717, 1.165) is 19.3 Å². The molecule has 0 N–H and O–H groups in total. The van der Waals surface area contributed by atoms with Gasteiger partial charge in [-0.05, 0) is 19.3 Å². The number of piperidine rings is 1. The Balaban J connectivity index is 2.21. The first-order valence-electron chi connectivity index (χ1n) is 4.14. The van der Waals surface area contributed by atoms with Crippen LogP contribution >= 0.6 is 0 Å². The highest BCUT2D eigenvalue weighted by Crippen LogP contribution is 2.28. The Kier molecular flexibility index (Phi) is 1.44. The Bertz CT molecular complexity index is 212. The van der Waals surface area contributed by atoms with E-state index in [0.29, 0.717) is 12.8 Å². The quantitative estimate of drug-likeness (QED) is 0.480. The molecular formula is C8H11NO2. The van der Waals surface area contributed by atoms with Crippen molar-refractivity contribution in [3.63, 3.8) is 0 Å². The maximum absolute atomic E-state index is 11.2. The standard InChI is InChI=1S/C8H11NO2/c10-7-3-1-2-6-4-5-8(11)9(6)7/h6H,1-5H2/t6-/m1/s1. The number of carbonyl (C=O) groups excluding carboxylic acids is 2. The Hall–Kier alpha value is -0.860. The summed E-state index contributed by atoms with van der Waals surface area (Å²) in [6.07, 6.45) is 4.04. The number of rotatable bonds is 0. The number of amides is 2. The molecule has 0 aromatic rings. The molecule has 2 saturated heterocycles. The number of hydrogen-bond acceptors (Lipinski definition) is 2. The van der Waals surface area contributed by atoms with E-state index in [9.17, 15) is 9.59 Å². The van der Waals surface area contributed by atoms with Gasteiger partial charge in [-0.3, -0.25) is 14.5 Å². The summed E-state index contributed by atoms with van der Waals surface area (Å²) in [5.41, 5.74) is 0. The number of hydrogen-bond donors (Lipinski definition) is 0. The van der Waals surface area contributed by atoms with Crippen LogP contribution in [-0.2, 0) is 9.59 Å². The summed E-state index contributed by atoms with van der Waals surface area (Å²) in [5.74, 6) is 0.0865. The van der Waals surface area contributed by atoms with E-state index < -0.39 is 0 Å². The molecule has 2 aliphatic heterocycles. The van der Waals surface area contributed by atoms with Gasteiger partial charge in [0, 0.05) is 18.9 Å². The predicted molar refractivity (Wildman–Crippen MR) is 38.7 cm³/mol. The highest BCUT2D eigenvalue weighted by molar-refractivity contribution is 5.97. The van der Waals surface area contributed by atoms with Crippen LogP contribution in [0.4, 0.5) is 0 Å². The van der Waals surface area contributed by atoms with E-state index in [-0.39, 0.29) is 17.9 Å². The van der Waals surface area contributed by atoms with Crippen molar-refractivity contribution in [3.8, 4) is 0 Å². The van der Waals surface area contributed by atoms with Crippen molar-refractivity contribution >= 4 is 11.8 Å². The first-order valence-corrected chi connectivity index (χ1v) is 4.14. The van der Waals surface area contributed by atoms with E-state index in [1.54, 1.807) is 0 Å². The van der Waals surface area contributed by atoms with Crippen LogP contribution in [-0.4, -0.2) is 22.8 Å². The molecule has 3 nitrogen and oxygen atoms in total. The first-order chi connectivity index (χ1) is 5.29. The number of nitrogens with zero attached hydrogens (tertiary/aromatic N) is 1. The smallest absolute Gasteiger partial charge is 0.229 e. The van der Waals surface area contributed by atoms with Crippen LogP contribution in [0.25, 0.3) is 0 Å². The van der Waals surface area contributed by atoms with Gasteiger partial charge in [-0.15, -0.1) is 0 Å². The average molecular weight is 153 g/mol. The van der Waals surface area contributed by atoms with Crippen molar-refractivity contribution in [2.45, 2.75) is 38.1 Å². The number of carbonyl (C=O) groups is 2. The lowest BCUT2D eigenvalue weighted by molar-refractivity contribution is -0.145. The zero-order valence-electron chi connectivity index (χ0n) is 6.38. The summed E-state index contributed by atoms with van der Waals surface area (Å²) in [6, 6.07) is 0.253. The zero-order valence-corrected chi connectivity index (χ0v) is 6.38. The summed E-state index contributed by atoms with van der Waals surface area (Å²) in [7, 11) is 0. The molecule has 2 aliphatic rings. The molecule has 1 atom stereocenters. The van der Waals surface area contributed by atoms with Crippen LogP contribution in [0, 0.1) is 0 Å². The molecule has 0 aromatic heterocycles. The van der Waals surface area contributed by atoms with Crippen LogP contribution in [0.1, 0.15) is 32.1 Å². The second-order valence-electron chi connectivity index (χ2n) is 3.24. The third-order valence-corrected chi connectivity index (χ3v) is 2.52. The molecule has 2 amide bonds. The van der Waals surface area contributed by atoms with Crippen molar-refractivity contribution in [1.29, 1.82) is 0 Å². The zero-order chi connectivity index (χ0) is 7.84. The van der Waals surface area contributed by atoms with Gasteiger partial charge in [0.25, 0.3) is 0 Å². The Morgan fingerprint density at radius 2 is 1.82 bits per heavy atom. The van der Waals surface area contributed by atoms with E-state index >= 15 is 0 Å². The van der Waals surface area contributed by atoms with Crippen molar-refractivity contribution in [2.24, 2.45) is 0 Å². The fraction of sp³-hybridized carbons (Fsp3) is 0.750. The van der Waals surface area contributed by atoms with Crippen LogP contribution in [0.2, 0.25) is 0 Å². The molecule has 0 spiro atoms. The maximum atomic E-state index is 11.2. The fourth-order valence-corrected chi connectivity index (χ4v) is 1.97. The van der Waals surface area contributed by atoms with Gasteiger partial charge >= 0.3 is 0 Å². The number of imide groups is 1. The monoisotopic (exact) mass is 153 g/mol. The molecule has 0 aliphatic carbocycles. The summed E-state index contributed by atoms with van der Waals surface area (Å²) >= 11 is 0. The first kappa shape index (κ1) is 6.83. The van der Waals surface area contributed by atoms with Crippen LogP contribution in [0.3, 0.4) is 0 Å². The lowest BCUT2D eigenvalue weighted by Gasteiger charge is -2.27. The topological polar surface area (TPSA) is 37.4 Å². The molecule has 0 bridgehead atoms. The maximum Gasteiger partial charge on any atom is 0.229 e. The van der Waals surface area contributed by atoms with Crippen molar-refractivity contribution in [2.75, 3.05) is 0 Å². The van der Waals surface area contributed by atoms with Gasteiger partial charge in [0.05, 0.1) is 0 Å². The SMILES string of the molecule is O=C1CCC[C@@H]2CCC(=O)N12. The van der Waals surface area contributed by atoms with Crippen LogP contribution < -0.4 is 0 Å². The average Bonchev–Trinajstić information content (AvgIpc) is 2.34. The van der Waals surface area contributed by atoms with Crippen LogP contribution in [0.15, 0.2) is 0 Å². The van der Waals surface area contributed by atoms with Crippen LogP contribution in [0.5, 0.6) is 0 Å². The van der Waals surface area contributed by atoms with Crippen molar-refractivity contribution < 1.29 is 9.59 Å². The summed E-state index contributed by atoms with van der Waals surface area (Å²) in [5, 5.41) is 0. The van der Waals surface area contributed by atoms with Gasteiger partial charge in [0.1, 0.15) is 0 Å². The molecule has 0 unspecified atom stereocenters.